The van der Waals surface area contributed by atoms with Crippen molar-refractivity contribution in [2.24, 2.45) is 0 Å². The molecular weight excluding hydrogens is 274 g/mol. The highest BCUT2D eigenvalue weighted by atomic mass is 35.5. The molecular formula is C16H20ClNO2. The van der Waals surface area contributed by atoms with Crippen LogP contribution in [-0.2, 0) is 4.74 Å². The van der Waals surface area contributed by atoms with E-state index in [9.17, 15) is 4.79 Å². The predicted molar refractivity (Wildman–Crippen MR) is 82.0 cm³/mol. The quantitative estimate of drug-likeness (QED) is 0.799. The van der Waals surface area contributed by atoms with Gasteiger partial charge in [0.05, 0.1) is 6.54 Å². The highest BCUT2D eigenvalue weighted by molar-refractivity contribution is 6.30. The molecule has 108 valence electrons. The van der Waals surface area contributed by atoms with Crippen LogP contribution in [0, 0.1) is 25.7 Å². The highest BCUT2D eigenvalue weighted by Gasteiger charge is 2.15. The molecule has 0 aliphatic rings. The maximum Gasteiger partial charge on any atom is 0.408 e. The molecule has 1 N–H and O–H groups in total. The Labute approximate surface area is 125 Å². The number of ether oxygens (including phenoxy) is 1. The number of hydrogen-bond donors (Lipinski definition) is 1. The second-order valence-corrected chi connectivity index (χ2v) is 6.01. The molecule has 0 unspecified atom stereocenters. The fourth-order valence-electron chi connectivity index (χ4n) is 1.67. The second-order valence-electron chi connectivity index (χ2n) is 5.57. The van der Waals surface area contributed by atoms with E-state index in [1.165, 1.54) is 0 Å². The minimum absolute atomic E-state index is 0.246. The molecule has 20 heavy (non-hydrogen) atoms. The number of alkyl carbamates (subject to hydrolysis) is 1. The number of rotatable bonds is 1. The number of nitrogens with one attached hydrogen (secondary N) is 1. The smallest absolute Gasteiger partial charge is 0.408 e. The van der Waals surface area contributed by atoms with Gasteiger partial charge in [0.2, 0.25) is 0 Å². The summed E-state index contributed by atoms with van der Waals surface area (Å²) in [4.78, 5) is 11.4. The van der Waals surface area contributed by atoms with Crippen molar-refractivity contribution < 1.29 is 9.53 Å². The van der Waals surface area contributed by atoms with Crippen LogP contribution in [0.1, 0.15) is 37.5 Å². The SMILES string of the molecule is Cc1cc(Cl)cc(C)c1C#CCNC(=O)OC(C)(C)C. The van der Waals surface area contributed by atoms with Gasteiger partial charge in [-0.05, 0) is 57.9 Å². The summed E-state index contributed by atoms with van der Waals surface area (Å²) >= 11 is 5.96. The molecule has 0 saturated carbocycles. The van der Waals surface area contributed by atoms with E-state index >= 15 is 0 Å². The number of amides is 1. The molecule has 0 aliphatic carbocycles. The number of carbonyl (C=O) groups is 1. The molecule has 1 rings (SSSR count). The Morgan fingerprint density at radius 3 is 2.35 bits per heavy atom. The van der Waals surface area contributed by atoms with E-state index < -0.39 is 11.7 Å². The minimum atomic E-state index is -0.499. The molecule has 0 aliphatic heterocycles. The van der Waals surface area contributed by atoms with Crippen molar-refractivity contribution in [2.45, 2.75) is 40.2 Å². The summed E-state index contributed by atoms with van der Waals surface area (Å²) in [6.07, 6.45) is -0.462. The van der Waals surface area contributed by atoms with Gasteiger partial charge in [-0.15, -0.1) is 0 Å². The molecule has 0 aromatic heterocycles. The molecule has 0 spiro atoms. The van der Waals surface area contributed by atoms with E-state index in [0.717, 1.165) is 16.7 Å². The van der Waals surface area contributed by atoms with Crippen molar-refractivity contribution in [1.82, 2.24) is 5.32 Å². The monoisotopic (exact) mass is 293 g/mol. The first-order valence-corrected chi connectivity index (χ1v) is 6.79. The summed E-state index contributed by atoms with van der Waals surface area (Å²) in [5.74, 6) is 5.96. The molecule has 1 amide bonds. The third-order valence-electron chi connectivity index (χ3n) is 2.43. The van der Waals surface area contributed by atoms with Crippen molar-refractivity contribution >= 4 is 17.7 Å². The summed E-state index contributed by atoms with van der Waals surface area (Å²) < 4.78 is 5.12. The van der Waals surface area contributed by atoms with Crippen molar-refractivity contribution in [3.8, 4) is 11.8 Å². The maximum absolute atomic E-state index is 11.4. The van der Waals surface area contributed by atoms with Gasteiger partial charge >= 0.3 is 6.09 Å². The molecule has 0 radical (unpaired) electrons. The van der Waals surface area contributed by atoms with Crippen molar-refractivity contribution in [3.05, 3.63) is 33.8 Å². The van der Waals surface area contributed by atoms with Gasteiger partial charge in [0, 0.05) is 10.6 Å². The lowest BCUT2D eigenvalue weighted by Crippen LogP contribution is -2.32. The van der Waals surface area contributed by atoms with E-state index in [4.69, 9.17) is 16.3 Å². The maximum atomic E-state index is 11.4. The zero-order valence-corrected chi connectivity index (χ0v) is 13.3. The Hall–Kier alpha value is -1.66. The van der Waals surface area contributed by atoms with E-state index in [-0.39, 0.29) is 6.54 Å². The lowest BCUT2D eigenvalue weighted by atomic mass is 10.0. The zero-order valence-electron chi connectivity index (χ0n) is 12.6. The van der Waals surface area contributed by atoms with E-state index in [2.05, 4.69) is 17.2 Å². The van der Waals surface area contributed by atoms with Gasteiger partial charge < -0.3 is 10.1 Å². The van der Waals surface area contributed by atoms with Gasteiger partial charge in [-0.1, -0.05) is 23.4 Å². The fourth-order valence-corrected chi connectivity index (χ4v) is 2.00. The molecule has 0 saturated heterocycles. The predicted octanol–water partition coefficient (Wildman–Crippen LogP) is 3.83. The van der Waals surface area contributed by atoms with Crippen molar-refractivity contribution in [3.63, 3.8) is 0 Å². The molecule has 3 nitrogen and oxygen atoms in total. The van der Waals surface area contributed by atoms with Crippen LogP contribution in [0.15, 0.2) is 12.1 Å². The van der Waals surface area contributed by atoms with Crippen molar-refractivity contribution in [1.29, 1.82) is 0 Å². The molecule has 4 heteroatoms. The van der Waals surface area contributed by atoms with Crippen LogP contribution in [0.3, 0.4) is 0 Å². The van der Waals surface area contributed by atoms with Crippen LogP contribution in [0.5, 0.6) is 0 Å². The molecule has 1 aromatic carbocycles. The molecule has 0 atom stereocenters. The topological polar surface area (TPSA) is 38.3 Å². The van der Waals surface area contributed by atoms with Crippen molar-refractivity contribution in [2.75, 3.05) is 6.54 Å². The molecule has 1 aromatic rings. The van der Waals surface area contributed by atoms with Crippen LogP contribution in [0.25, 0.3) is 0 Å². The summed E-state index contributed by atoms with van der Waals surface area (Å²) in [6, 6.07) is 3.75. The average molecular weight is 294 g/mol. The Morgan fingerprint density at radius 2 is 1.85 bits per heavy atom. The van der Waals surface area contributed by atoms with Gasteiger partial charge in [-0.2, -0.15) is 0 Å². The van der Waals surface area contributed by atoms with Crippen LogP contribution in [-0.4, -0.2) is 18.2 Å². The van der Waals surface area contributed by atoms with Gasteiger partial charge in [0.1, 0.15) is 5.60 Å². The lowest BCUT2D eigenvalue weighted by Gasteiger charge is -2.19. The Balaban J connectivity index is 2.62. The van der Waals surface area contributed by atoms with Gasteiger partial charge in [0.15, 0.2) is 0 Å². The van der Waals surface area contributed by atoms with Crippen LogP contribution < -0.4 is 5.32 Å². The first-order chi connectivity index (χ1) is 9.19. The normalized spacial score (nSPS) is 10.5. The third kappa shape index (κ3) is 5.54. The average Bonchev–Trinajstić information content (AvgIpc) is 2.23. The Bertz CT molecular complexity index is 539. The number of carbonyl (C=O) groups excluding carboxylic acids is 1. The van der Waals surface area contributed by atoms with Gasteiger partial charge in [0.25, 0.3) is 0 Å². The Morgan fingerprint density at radius 1 is 1.30 bits per heavy atom. The van der Waals surface area contributed by atoms with E-state index in [1.54, 1.807) is 0 Å². The number of aryl methyl sites for hydroxylation is 2. The number of halogens is 1. The van der Waals surface area contributed by atoms with Crippen LogP contribution in [0.2, 0.25) is 5.02 Å². The first kappa shape index (κ1) is 16.4. The standard InChI is InChI=1S/C16H20ClNO2/c1-11-9-13(17)10-12(2)14(11)7-6-8-18-15(19)20-16(3,4)5/h9-10H,8H2,1-5H3,(H,18,19). The van der Waals surface area contributed by atoms with Gasteiger partial charge in [-0.25, -0.2) is 4.79 Å². The first-order valence-electron chi connectivity index (χ1n) is 6.41. The minimum Gasteiger partial charge on any atom is -0.444 e. The summed E-state index contributed by atoms with van der Waals surface area (Å²) in [5.41, 5.74) is 2.50. The summed E-state index contributed by atoms with van der Waals surface area (Å²) in [6.45, 7) is 9.63. The fraction of sp³-hybridized carbons (Fsp3) is 0.438. The number of benzene rings is 1. The van der Waals surface area contributed by atoms with E-state index in [1.807, 2.05) is 46.8 Å². The molecule has 0 bridgehead atoms. The summed E-state index contributed by atoms with van der Waals surface area (Å²) in [7, 11) is 0. The highest BCUT2D eigenvalue weighted by Crippen LogP contribution is 2.18. The summed E-state index contributed by atoms with van der Waals surface area (Å²) in [5, 5.41) is 3.30. The third-order valence-corrected chi connectivity index (χ3v) is 2.65. The van der Waals surface area contributed by atoms with Crippen LogP contribution >= 0.6 is 11.6 Å². The molecule has 0 heterocycles. The van der Waals surface area contributed by atoms with E-state index in [0.29, 0.717) is 5.02 Å². The number of hydrogen-bond acceptors (Lipinski definition) is 2. The van der Waals surface area contributed by atoms with Gasteiger partial charge in [-0.3, -0.25) is 0 Å². The van der Waals surface area contributed by atoms with Crippen LogP contribution in [0.4, 0.5) is 4.79 Å². The second kappa shape index (κ2) is 6.67. The zero-order chi connectivity index (χ0) is 15.3. The Kier molecular flexibility index (Phi) is 5.47. The lowest BCUT2D eigenvalue weighted by molar-refractivity contribution is 0.0535. The largest absolute Gasteiger partial charge is 0.444 e. The molecule has 0 fully saturated rings.